The molecule has 0 spiro atoms. The second kappa shape index (κ2) is 4.68. The van der Waals surface area contributed by atoms with E-state index in [1.54, 1.807) is 18.2 Å². The SMILES string of the molecule is CC(Cc1nc2ccc(C(=O)O)cc2[nH]1)C(C)(C)C. The molecule has 4 nitrogen and oxygen atoms in total. The molecule has 2 rings (SSSR count). The highest BCUT2D eigenvalue weighted by atomic mass is 16.4. The van der Waals surface area contributed by atoms with E-state index in [0.29, 0.717) is 5.92 Å². The summed E-state index contributed by atoms with van der Waals surface area (Å²) in [4.78, 5) is 18.7. The van der Waals surface area contributed by atoms with Gasteiger partial charge in [0.1, 0.15) is 5.82 Å². The van der Waals surface area contributed by atoms with Crippen molar-refractivity contribution in [2.45, 2.75) is 34.1 Å². The molecule has 2 N–H and O–H groups in total. The second-order valence-electron chi connectivity index (χ2n) is 6.19. The lowest BCUT2D eigenvalue weighted by atomic mass is 9.80. The number of hydrogen-bond acceptors (Lipinski definition) is 2. The number of hydrogen-bond donors (Lipinski definition) is 2. The Kier molecular flexibility index (Phi) is 3.35. The highest BCUT2D eigenvalue weighted by Crippen LogP contribution is 2.28. The quantitative estimate of drug-likeness (QED) is 0.887. The van der Waals surface area contributed by atoms with Gasteiger partial charge in [0.05, 0.1) is 16.6 Å². The number of carbonyl (C=O) groups is 1. The Balaban J connectivity index is 2.29. The number of aromatic carboxylic acids is 1. The largest absolute Gasteiger partial charge is 0.478 e. The number of rotatable bonds is 3. The van der Waals surface area contributed by atoms with Gasteiger partial charge in [-0.25, -0.2) is 9.78 Å². The van der Waals surface area contributed by atoms with Gasteiger partial charge in [0.15, 0.2) is 0 Å². The molecule has 2 aromatic rings. The fourth-order valence-electron chi connectivity index (χ4n) is 1.89. The maximum absolute atomic E-state index is 10.9. The summed E-state index contributed by atoms with van der Waals surface area (Å²) in [6.45, 7) is 8.84. The van der Waals surface area contributed by atoms with Gasteiger partial charge in [0.2, 0.25) is 0 Å². The maximum Gasteiger partial charge on any atom is 0.335 e. The lowest BCUT2D eigenvalue weighted by molar-refractivity contribution is 0.0697. The van der Waals surface area contributed by atoms with E-state index < -0.39 is 5.97 Å². The summed E-state index contributed by atoms with van der Waals surface area (Å²) >= 11 is 0. The summed E-state index contributed by atoms with van der Waals surface area (Å²) in [5.41, 5.74) is 2.12. The Morgan fingerprint density at radius 2 is 2.11 bits per heavy atom. The van der Waals surface area contributed by atoms with E-state index in [1.807, 2.05) is 0 Å². The predicted molar refractivity (Wildman–Crippen MR) is 75.4 cm³/mol. The topological polar surface area (TPSA) is 66.0 Å². The van der Waals surface area contributed by atoms with Gasteiger partial charge in [0, 0.05) is 6.42 Å². The Morgan fingerprint density at radius 3 is 2.68 bits per heavy atom. The molecule has 0 saturated carbocycles. The van der Waals surface area contributed by atoms with Crippen molar-refractivity contribution in [3.63, 3.8) is 0 Å². The molecule has 0 bridgehead atoms. The highest BCUT2D eigenvalue weighted by Gasteiger charge is 2.21. The first-order chi connectivity index (χ1) is 8.77. The number of carboxylic acids is 1. The molecule has 1 unspecified atom stereocenters. The van der Waals surface area contributed by atoms with Crippen LogP contribution in [0.4, 0.5) is 0 Å². The number of H-pyrrole nitrogens is 1. The Hall–Kier alpha value is -1.84. The standard InChI is InChI=1S/C15H20N2O2/c1-9(15(2,3)4)7-13-16-11-6-5-10(14(18)19)8-12(11)17-13/h5-6,8-9H,7H2,1-4H3,(H,16,17)(H,18,19). The van der Waals surface area contributed by atoms with Crippen molar-refractivity contribution in [1.82, 2.24) is 9.97 Å². The van der Waals surface area contributed by atoms with Crippen molar-refractivity contribution < 1.29 is 9.90 Å². The molecule has 4 heteroatoms. The Bertz CT molecular complexity index is 608. The van der Waals surface area contributed by atoms with Gasteiger partial charge in [-0.05, 0) is 29.5 Å². The van der Waals surface area contributed by atoms with E-state index in [0.717, 1.165) is 23.3 Å². The molecule has 1 aromatic heterocycles. The van der Waals surface area contributed by atoms with Crippen LogP contribution in [-0.2, 0) is 6.42 Å². The van der Waals surface area contributed by atoms with E-state index in [-0.39, 0.29) is 11.0 Å². The number of aromatic nitrogens is 2. The van der Waals surface area contributed by atoms with Crippen molar-refractivity contribution in [3.8, 4) is 0 Å². The van der Waals surface area contributed by atoms with E-state index in [9.17, 15) is 4.79 Å². The number of aromatic amines is 1. The summed E-state index contributed by atoms with van der Waals surface area (Å²) in [6, 6.07) is 4.97. The van der Waals surface area contributed by atoms with Gasteiger partial charge in [-0.1, -0.05) is 27.7 Å². The van der Waals surface area contributed by atoms with Gasteiger partial charge < -0.3 is 10.1 Å². The van der Waals surface area contributed by atoms with E-state index in [1.165, 1.54) is 0 Å². The van der Waals surface area contributed by atoms with Gasteiger partial charge in [-0.3, -0.25) is 0 Å². The number of nitrogens with one attached hydrogen (secondary N) is 1. The maximum atomic E-state index is 10.9. The van der Waals surface area contributed by atoms with Gasteiger partial charge in [0.25, 0.3) is 0 Å². The number of imidazole rings is 1. The zero-order valence-electron chi connectivity index (χ0n) is 11.8. The van der Waals surface area contributed by atoms with E-state index >= 15 is 0 Å². The summed E-state index contributed by atoms with van der Waals surface area (Å²) in [5, 5.41) is 8.97. The predicted octanol–water partition coefficient (Wildman–Crippen LogP) is 3.49. The Labute approximate surface area is 112 Å². The monoisotopic (exact) mass is 260 g/mol. The molecule has 0 aliphatic carbocycles. The Morgan fingerprint density at radius 1 is 1.42 bits per heavy atom. The minimum absolute atomic E-state index is 0.227. The minimum Gasteiger partial charge on any atom is -0.478 e. The van der Waals surface area contributed by atoms with Crippen LogP contribution in [0.3, 0.4) is 0 Å². The zero-order valence-corrected chi connectivity index (χ0v) is 11.8. The lowest BCUT2D eigenvalue weighted by Crippen LogP contribution is -2.19. The van der Waals surface area contributed by atoms with Crippen molar-refractivity contribution >= 4 is 17.0 Å². The molecule has 0 fully saturated rings. The van der Waals surface area contributed by atoms with Gasteiger partial charge in [-0.2, -0.15) is 0 Å². The van der Waals surface area contributed by atoms with Crippen molar-refractivity contribution in [2.75, 3.05) is 0 Å². The molecule has 0 radical (unpaired) electrons. The highest BCUT2D eigenvalue weighted by molar-refractivity contribution is 5.92. The molecule has 19 heavy (non-hydrogen) atoms. The van der Waals surface area contributed by atoms with Crippen LogP contribution < -0.4 is 0 Å². The first kappa shape index (κ1) is 13.6. The van der Waals surface area contributed by atoms with Crippen LogP contribution in [0.1, 0.15) is 43.9 Å². The molecular weight excluding hydrogens is 240 g/mol. The fraction of sp³-hybridized carbons (Fsp3) is 0.467. The van der Waals surface area contributed by atoms with Crippen LogP contribution >= 0.6 is 0 Å². The zero-order chi connectivity index (χ0) is 14.2. The van der Waals surface area contributed by atoms with Crippen molar-refractivity contribution in [2.24, 2.45) is 11.3 Å². The van der Waals surface area contributed by atoms with Crippen LogP contribution in [0.2, 0.25) is 0 Å². The second-order valence-corrected chi connectivity index (χ2v) is 6.19. The van der Waals surface area contributed by atoms with Crippen molar-refractivity contribution in [3.05, 3.63) is 29.6 Å². The van der Waals surface area contributed by atoms with E-state index in [2.05, 4.69) is 37.7 Å². The third-order valence-corrected chi connectivity index (χ3v) is 3.76. The third kappa shape index (κ3) is 2.95. The van der Waals surface area contributed by atoms with Crippen LogP contribution in [0, 0.1) is 11.3 Å². The molecule has 1 heterocycles. The summed E-state index contributed by atoms with van der Waals surface area (Å²) in [6.07, 6.45) is 0.862. The average molecular weight is 260 g/mol. The molecule has 0 saturated heterocycles. The van der Waals surface area contributed by atoms with Gasteiger partial charge >= 0.3 is 5.97 Å². The first-order valence-electron chi connectivity index (χ1n) is 6.49. The number of fused-ring (bicyclic) bond motifs is 1. The summed E-state index contributed by atoms with van der Waals surface area (Å²) in [7, 11) is 0. The van der Waals surface area contributed by atoms with Crippen LogP contribution in [0.25, 0.3) is 11.0 Å². The lowest BCUT2D eigenvalue weighted by Gasteiger charge is -2.26. The van der Waals surface area contributed by atoms with Crippen LogP contribution in [0.15, 0.2) is 18.2 Å². The fourth-order valence-corrected chi connectivity index (χ4v) is 1.89. The number of carboxylic acid groups (broad SMARTS) is 1. The molecule has 0 aliphatic heterocycles. The molecular formula is C15H20N2O2. The van der Waals surface area contributed by atoms with Crippen LogP contribution in [-0.4, -0.2) is 21.0 Å². The van der Waals surface area contributed by atoms with Crippen LogP contribution in [0.5, 0.6) is 0 Å². The number of nitrogens with zero attached hydrogens (tertiary/aromatic N) is 1. The number of benzene rings is 1. The molecule has 102 valence electrons. The normalized spacial score (nSPS) is 13.7. The summed E-state index contributed by atoms with van der Waals surface area (Å²) in [5.74, 6) is 0.494. The van der Waals surface area contributed by atoms with Gasteiger partial charge in [-0.15, -0.1) is 0 Å². The molecule has 1 atom stereocenters. The summed E-state index contributed by atoms with van der Waals surface area (Å²) < 4.78 is 0. The third-order valence-electron chi connectivity index (χ3n) is 3.76. The first-order valence-corrected chi connectivity index (χ1v) is 6.49. The molecule has 0 amide bonds. The minimum atomic E-state index is -0.916. The average Bonchev–Trinajstić information content (AvgIpc) is 2.68. The molecule has 0 aliphatic rings. The smallest absolute Gasteiger partial charge is 0.335 e. The van der Waals surface area contributed by atoms with Crippen molar-refractivity contribution in [1.29, 1.82) is 0 Å². The van der Waals surface area contributed by atoms with E-state index in [4.69, 9.17) is 5.11 Å². The molecule has 1 aromatic carbocycles.